The molecule has 7 heteroatoms. The van der Waals surface area contributed by atoms with Crippen molar-refractivity contribution in [2.75, 3.05) is 17.6 Å². The van der Waals surface area contributed by atoms with Crippen molar-refractivity contribution in [2.24, 2.45) is 13.0 Å². The first-order valence-corrected chi connectivity index (χ1v) is 9.82. The van der Waals surface area contributed by atoms with Crippen molar-refractivity contribution in [3.05, 3.63) is 81.0 Å². The summed E-state index contributed by atoms with van der Waals surface area (Å²) in [5.74, 6) is -0.422. The summed E-state index contributed by atoms with van der Waals surface area (Å²) in [6.07, 6.45) is 0. The summed E-state index contributed by atoms with van der Waals surface area (Å²) in [6.45, 7) is 4.06. The number of benzene rings is 2. The van der Waals surface area contributed by atoms with Gasteiger partial charge in [0.1, 0.15) is 11.4 Å². The molecule has 30 heavy (non-hydrogen) atoms. The Kier molecular flexibility index (Phi) is 6.20. The van der Waals surface area contributed by atoms with Gasteiger partial charge in [-0.05, 0) is 17.5 Å². The molecule has 3 aromatic rings. The molecule has 0 unspecified atom stereocenters. The summed E-state index contributed by atoms with van der Waals surface area (Å²) in [6, 6.07) is 17.4. The molecule has 0 saturated carbocycles. The van der Waals surface area contributed by atoms with Gasteiger partial charge in [0.25, 0.3) is 5.56 Å². The van der Waals surface area contributed by atoms with E-state index in [0.29, 0.717) is 6.54 Å². The predicted octanol–water partition coefficient (Wildman–Crippen LogP) is 2.75. The number of anilines is 2. The van der Waals surface area contributed by atoms with Crippen LogP contribution in [-0.2, 0) is 13.6 Å². The number of aromatic nitrogens is 2. The molecule has 2 aromatic carbocycles. The van der Waals surface area contributed by atoms with Crippen LogP contribution in [0.25, 0.3) is 11.1 Å². The number of nitrogens with two attached hydrogens (primary N) is 1. The molecule has 0 aliphatic heterocycles. The quantitative estimate of drug-likeness (QED) is 0.588. The predicted molar refractivity (Wildman–Crippen MR) is 120 cm³/mol. The molecule has 0 bridgehead atoms. The number of rotatable bonds is 7. The molecule has 0 amide bonds. The van der Waals surface area contributed by atoms with Gasteiger partial charge in [0.2, 0.25) is 0 Å². The van der Waals surface area contributed by atoms with Gasteiger partial charge in [0.15, 0.2) is 5.78 Å². The first-order valence-electron chi connectivity index (χ1n) is 9.82. The highest BCUT2D eigenvalue weighted by Crippen LogP contribution is 2.27. The van der Waals surface area contributed by atoms with Crippen molar-refractivity contribution >= 4 is 17.3 Å². The fourth-order valence-corrected chi connectivity index (χ4v) is 3.36. The van der Waals surface area contributed by atoms with E-state index in [0.717, 1.165) is 21.4 Å². The smallest absolute Gasteiger partial charge is 0.332 e. The van der Waals surface area contributed by atoms with Crippen molar-refractivity contribution < 1.29 is 4.79 Å². The number of nitrogens with zero attached hydrogens (tertiary/aromatic N) is 2. The van der Waals surface area contributed by atoms with Gasteiger partial charge in [-0.2, -0.15) is 0 Å². The lowest BCUT2D eigenvalue weighted by molar-refractivity contribution is 0.100. The van der Waals surface area contributed by atoms with Crippen LogP contribution >= 0.6 is 0 Å². The fraction of sp³-hybridized carbons (Fsp3) is 0.261. The molecule has 0 spiro atoms. The SMILES string of the molecule is CC(C)Cn1c(N)c(C(=O)CNc2ccccc2-c2ccccc2)c(=O)n(C)c1=O. The van der Waals surface area contributed by atoms with E-state index in [4.69, 9.17) is 5.73 Å². The standard InChI is InChI=1S/C23H26N4O3/c1-15(2)14-27-21(24)20(22(29)26(3)23(27)30)19(28)13-25-18-12-8-7-11-17(18)16-9-5-4-6-10-16/h4-12,15,25H,13-14,24H2,1-3H3. The van der Waals surface area contributed by atoms with Gasteiger partial charge in [0.05, 0.1) is 6.54 Å². The van der Waals surface area contributed by atoms with Crippen molar-refractivity contribution in [2.45, 2.75) is 20.4 Å². The molecule has 156 valence electrons. The van der Waals surface area contributed by atoms with Crippen LogP contribution in [-0.4, -0.2) is 21.5 Å². The Hall–Kier alpha value is -3.61. The number of ketones is 1. The molecule has 0 atom stereocenters. The zero-order valence-corrected chi connectivity index (χ0v) is 17.4. The van der Waals surface area contributed by atoms with Crippen LogP contribution in [0.3, 0.4) is 0 Å². The topological polar surface area (TPSA) is 99.1 Å². The van der Waals surface area contributed by atoms with E-state index in [1.165, 1.54) is 11.6 Å². The van der Waals surface area contributed by atoms with Crippen LogP contribution in [0.2, 0.25) is 0 Å². The maximum absolute atomic E-state index is 12.9. The molecule has 7 nitrogen and oxygen atoms in total. The second kappa shape index (κ2) is 8.82. The van der Waals surface area contributed by atoms with Crippen LogP contribution in [0.5, 0.6) is 0 Å². The third-order valence-corrected chi connectivity index (χ3v) is 4.86. The molecular formula is C23H26N4O3. The van der Waals surface area contributed by atoms with E-state index < -0.39 is 17.0 Å². The van der Waals surface area contributed by atoms with E-state index in [2.05, 4.69) is 5.32 Å². The molecule has 0 radical (unpaired) electrons. The Balaban J connectivity index is 1.93. The molecule has 1 aromatic heterocycles. The number of carbonyl (C=O) groups excluding carboxylic acids is 1. The number of nitrogen functional groups attached to an aromatic ring is 1. The summed E-state index contributed by atoms with van der Waals surface area (Å²) in [5, 5.41) is 3.12. The monoisotopic (exact) mass is 406 g/mol. The van der Waals surface area contributed by atoms with Crippen molar-refractivity contribution in [1.29, 1.82) is 0 Å². The van der Waals surface area contributed by atoms with E-state index in [9.17, 15) is 14.4 Å². The number of nitrogens with one attached hydrogen (secondary N) is 1. The molecule has 0 aliphatic carbocycles. The molecule has 0 aliphatic rings. The van der Waals surface area contributed by atoms with Crippen LogP contribution in [0.1, 0.15) is 24.2 Å². The normalized spacial score (nSPS) is 10.9. The molecule has 3 rings (SSSR count). The minimum Gasteiger partial charge on any atom is -0.384 e. The van der Waals surface area contributed by atoms with Gasteiger partial charge in [-0.3, -0.25) is 18.7 Å². The van der Waals surface area contributed by atoms with E-state index in [1.807, 2.05) is 68.4 Å². The molecule has 0 saturated heterocycles. The first kappa shape index (κ1) is 21.1. The number of Topliss-reactive ketones (excluding diaryl/α,β-unsaturated/α-hetero) is 1. The number of carbonyl (C=O) groups is 1. The average Bonchev–Trinajstić information content (AvgIpc) is 2.74. The average molecular weight is 406 g/mol. The first-order chi connectivity index (χ1) is 14.3. The van der Waals surface area contributed by atoms with Crippen LogP contribution in [0, 0.1) is 5.92 Å². The number of para-hydroxylation sites is 1. The summed E-state index contributed by atoms with van der Waals surface area (Å²) in [7, 11) is 1.36. The Labute approximate surface area is 174 Å². The fourth-order valence-electron chi connectivity index (χ4n) is 3.36. The minimum absolute atomic E-state index is 0.0834. The van der Waals surface area contributed by atoms with Gasteiger partial charge in [-0.1, -0.05) is 62.4 Å². The summed E-state index contributed by atoms with van der Waals surface area (Å²) < 4.78 is 2.22. The van der Waals surface area contributed by atoms with Crippen molar-refractivity contribution in [3.63, 3.8) is 0 Å². The molecular weight excluding hydrogens is 380 g/mol. The molecule has 3 N–H and O–H groups in total. The maximum Gasteiger partial charge on any atom is 0.332 e. The van der Waals surface area contributed by atoms with Crippen LogP contribution in [0.4, 0.5) is 11.5 Å². The van der Waals surface area contributed by atoms with Gasteiger partial charge >= 0.3 is 5.69 Å². The van der Waals surface area contributed by atoms with Gasteiger partial charge in [0, 0.05) is 24.8 Å². The summed E-state index contributed by atoms with van der Waals surface area (Å²) in [4.78, 5) is 38.0. The van der Waals surface area contributed by atoms with E-state index in [1.54, 1.807) is 0 Å². The number of hydrogen-bond acceptors (Lipinski definition) is 5. The van der Waals surface area contributed by atoms with E-state index >= 15 is 0 Å². The second-order valence-corrected chi connectivity index (χ2v) is 7.60. The molecule has 1 heterocycles. The van der Waals surface area contributed by atoms with Gasteiger partial charge < -0.3 is 11.1 Å². The summed E-state index contributed by atoms with van der Waals surface area (Å²) >= 11 is 0. The van der Waals surface area contributed by atoms with Crippen molar-refractivity contribution in [1.82, 2.24) is 9.13 Å². The maximum atomic E-state index is 12.9. The molecule has 0 fully saturated rings. The highest BCUT2D eigenvalue weighted by atomic mass is 16.2. The van der Waals surface area contributed by atoms with Gasteiger partial charge in [-0.15, -0.1) is 0 Å². The zero-order valence-electron chi connectivity index (χ0n) is 17.4. The lowest BCUT2D eigenvalue weighted by atomic mass is 10.0. The third-order valence-electron chi connectivity index (χ3n) is 4.86. The van der Waals surface area contributed by atoms with Gasteiger partial charge in [-0.25, -0.2) is 4.79 Å². The summed E-state index contributed by atoms with van der Waals surface area (Å²) in [5.41, 5.74) is 7.44. The van der Waals surface area contributed by atoms with E-state index in [-0.39, 0.29) is 23.8 Å². The largest absolute Gasteiger partial charge is 0.384 e. The number of hydrogen-bond donors (Lipinski definition) is 2. The van der Waals surface area contributed by atoms with Crippen LogP contribution < -0.4 is 22.3 Å². The Bertz CT molecular complexity index is 1180. The Morgan fingerprint density at radius 3 is 2.33 bits per heavy atom. The Morgan fingerprint density at radius 1 is 1.03 bits per heavy atom. The van der Waals surface area contributed by atoms with Crippen LogP contribution in [0.15, 0.2) is 64.2 Å². The Morgan fingerprint density at radius 2 is 1.67 bits per heavy atom. The second-order valence-electron chi connectivity index (χ2n) is 7.60. The third kappa shape index (κ3) is 4.20. The minimum atomic E-state index is -0.680. The lowest BCUT2D eigenvalue weighted by Crippen LogP contribution is -2.43. The zero-order chi connectivity index (χ0) is 21.8. The highest BCUT2D eigenvalue weighted by Gasteiger charge is 2.22. The lowest BCUT2D eigenvalue weighted by Gasteiger charge is -2.17. The van der Waals surface area contributed by atoms with Crippen molar-refractivity contribution in [3.8, 4) is 11.1 Å². The highest BCUT2D eigenvalue weighted by molar-refractivity contribution is 6.02.